The number of amides is 2. The van der Waals surface area contributed by atoms with Crippen molar-refractivity contribution in [1.29, 1.82) is 0 Å². The van der Waals surface area contributed by atoms with Gasteiger partial charge in [0.2, 0.25) is 0 Å². The number of carbonyl (C=O) groups excluding carboxylic acids is 2. The Hall–Kier alpha value is -1.93. The van der Waals surface area contributed by atoms with E-state index in [-0.39, 0.29) is 48.5 Å². The van der Waals surface area contributed by atoms with E-state index in [1.54, 1.807) is 4.90 Å². The third-order valence-corrected chi connectivity index (χ3v) is 6.68. The lowest BCUT2D eigenvalue weighted by Gasteiger charge is -2.29. The summed E-state index contributed by atoms with van der Waals surface area (Å²) in [4.78, 5) is 27.7. The molecule has 1 fully saturated rings. The van der Waals surface area contributed by atoms with Crippen molar-refractivity contribution < 1.29 is 22.9 Å². The van der Waals surface area contributed by atoms with Crippen molar-refractivity contribution in [3.8, 4) is 0 Å². The van der Waals surface area contributed by atoms with Crippen LogP contribution in [-0.4, -0.2) is 68.4 Å². The highest BCUT2D eigenvalue weighted by molar-refractivity contribution is 7.91. The fraction of sp³-hybridized carbons (Fsp3) is 0.600. The standard InChI is InChI=1S/C20H31N3O4S/c1-4-22(13-19(24)21-16(2)3)14-20(25)23(12-17-8-6-5-7-9-17)18-10-11-28(26,27)15-18/h5-9,16,18H,4,10-15H2,1-3H3,(H,21,24)/p+1/t18-/m0/s1. The average Bonchev–Trinajstić information content (AvgIpc) is 2.98. The molecule has 8 heteroatoms. The van der Waals surface area contributed by atoms with Crippen molar-refractivity contribution in [1.82, 2.24) is 10.2 Å². The molecular formula is C20H32N3O4S+. The Balaban J connectivity index is 2.10. The number of rotatable bonds is 9. The van der Waals surface area contributed by atoms with Gasteiger partial charge in [-0.2, -0.15) is 0 Å². The second-order valence-electron chi connectivity index (χ2n) is 7.74. The van der Waals surface area contributed by atoms with Crippen molar-refractivity contribution >= 4 is 21.7 Å². The SMILES string of the molecule is CC[NH+](CC(=O)NC(C)C)CC(=O)N(Cc1ccccc1)[C@H]1CCS(=O)(=O)C1. The Labute approximate surface area is 168 Å². The molecule has 2 atom stereocenters. The predicted octanol–water partition coefficient (Wildman–Crippen LogP) is -0.368. The second-order valence-corrected chi connectivity index (χ2v) is 9.97. The lowest BCUT2D eigenvalue weighted by Crippen LogP contribution is -3.14. The predicted molar refractivity (Wildman–Crippen MR) is 109 cm³/mol. The molecular weight excluding hydrogens is 378 g/mol. The van der Waals surface area contributed by atoms with E-state index in [4.69, 9.17) is 0 Å². The van der Waals surface area contributed by atoms with Gasteiger partial charge in [0, 0.05) is 18.6 Å². The van der Waals surface area contributed by atoms with Crippen LogP contribution >= 0.6 is 0 Å². The van der Waals surface area contributed by atoms with E-state index in [9.17, 15) is 18.0 Å². The zero-order valence-electron chi connectivity index (χ0n) is 17.0. The first-order chi connectivity index (χ1) is 13.2. The van der Waals surface area contributed by atoms with E-state index in [2.05, 4.69) is 5.32 Å². The maximum atomic E-state index is 13.1. The normalized spacial score (nSPS) is 19.4. The summed E-state index contributed by atoms with van der Waals surface area (Å²) in [5.74, 6) is -0.0593. The van der Waals surface area contributed by atoms with Gasteiger partial charge in [0.05, 0.1) is 18.1 Å². The number of quaternary nitrogens is 1. The molecule has 0 aromatic heterocycles. The van der Waals surface area contributed by atoms with E-state index >= 15 is 0 Å². The lowest BCUT2D eigenvalue weighted by molar-refractivity contribution is -0.882. The van der Waals surface area contributed by atoms with Gasteiger partial charge in [0.1, 0.15) is 0 Å². The molecule has 7 nitrogen and oxygen atoms in total. The maximum Gasteiger partial charge on any atom is 0.278 e. The van der Waals surface area contributed by atoms with Gasteiger partial charge in [-0.1, -0.05) is 30.3 Å². The number of sulfone groups is 1. The third-order valence-electron chi connectivity index (χ3n) is 4.93. The van der Waals surface area contributed by atoms with Crippen LogP contribution in [-0.2, 0) is 26.0 Å². The number of hydrogen-bond acceptors (Lipinski definition) is 4. The number of benzene rings is 1. The Bertz CT molecular complexity index is 765. The molecule has 1 unspecified atom stereocenters. The van der Waals surface area contributed by atoms with Crippen LogP contribution in [0.3, 0.4) is 0 Å². The molecule has 0 spiro atoms. The number of nitrogens with zero attached hydrogens (tertiary/aromatic N) is 1. The van der Waals surface area contributed by atoms with Gasteiger partial charge in [-0.05, 0) is 32.8 Å². The fourth-order valence-corrected chi connectivity index (χ4v) is 5.18. The molecule has 1 heterocycles. The van der Waals surface area contributed by atoms with E-state index in [1.165, 1.54) is 0 Å². The molecule has 0 radical (unpaired) electrons. The molecule has 156 valence electrons. The maximum absolute atomic E-state index is 13.1. The van der Waals surface area contributed by atoms with Crippen molar-refractivity contribution in [2.45, 2.75) is 45.8 Å². The molecule has 1 aromatic carbocycles. The number of likely N-dealkylation sites (N-methyl/N-ethyl adjacent to an activating group) is 1. The van der Waals surface area contributed by atoms with Crippen molar-refractivity contribution in [2.24, 2.45) is 0 Å². The van der Waals surface area contributed by atoms with E-state index in [1.807, 2.05) is 51.1 Å². The number of carbonyl (C=O) groups is 2. The topological polar surface area (TPSA) is 88.0 Å². The summed E-state index contributed by atoms with van der Waals surface area (Å²) < 4.78 is 23.9. The monoisotopic (exact) mass is 410 g/mol. The second kappa shape index (κ2) is 10.0. The minimum absolute atomic E-state index is 0.0147. The van der Waals surface area contributed by atoms with Gasteiger partial charge in [-0.15, -0.1) is 0 Å². The van der Waals surface area contributed by atoms with Crippen LogP contribution in [0.15, 0.2) is 30.3 Å². The number of nitrogens with one attached hydrogen (secondary N) is 2. The Morgan fingerprint density at radius 2 is 1.89 bits per heavy atom. The van der Waals surface area contributed by atoms with Gasteiger partial charge in [0.25, 0.3) is 11.8 Å². The van der Waals surface area contributed by atoms with Crippen LogP contribution in [0, 0.1) is 0 Å². The molecule has 1 saturated heterocycles. The van der Waals surface area contributed by atoms with E-state index < -0.39 is 9.84 Å². The summed E-state index contributed by atoms with van der Waals surface area (Å²) >= 11 is 0. The molecule has 0 saturated carbocycles. The van der Waals surface area contributed by atoms with Crippen molar-refractivity contribution in [2.75, 3.05) is 31.1 Å². The lowest BCUT2D eigenvalue weighted by atomic mass is 10.1. The smallest absolute Gasteiger partial charge is 0.278 e. The highest BCUT2D eigenvalue weighted by Crippen LogP contribution is 2.20. The summed E-state index contributed by atoms with van der Waals surface area (Å²) in [6.45, 7) is 7.16. The average molecular weight is 411 g/mol. The van der Waals surface area contributed by atoms with Crippen molar-refractivity contribution in [3.05, 3.63) is 35.9 Å². The number of hydrogen-bond donors (Lipinski definition) is 2. The van der Waals surface area contributed by atoms with Crippen molar-refractivity contribution in [3.63, 3.8) is 0 Å². The van der Waals surface area contributed by atoms with Gasteiger partial charge in [0.15, 0.2) is 22.9 Å². The fourth-order valence-electron chi connectivity index (χ4n) is 3.45. The van der Waals surface area contributed by atoms with Gasteiger partial charge >= 0.3 is 0 Å². The minimum Gasteiger partial charge on any atom is -0.349 e. The van der Waals surface area contributed by atoms with Crippen LogP contribution in [0.2, 0.25) is 0 Å². The summed E-state index contributed by atoms with van der Waals surface area (Å²) in [5.41, 5.74) is 0.968. The highest BCUT2D eigenvalue weighted by Gasteiger charge is 2.35. The quantitative estimate of drug-likeness (QED) is 0.582. The Morgan fingerprint density at radius 1 is 1.21 bits per heavy atom. The molecule has 2 rings (SSSR count). The molecule has 1 aliphatic heterocycles. The molecule has 0 aliphatic carbocycles. The van der Waals surface area contributed by atoms with Gasteiger partial charge in [-0.25, -0.2) is 8.42 Å². The first-order valence-electron chi connectivity index (χ1n) is 9.87. The molecule has 0 bridgehead atoms. The zero-order valence-corrected chi connectivity index (χ0v) is 17.8. The van der Waals surface area contributed by atoms with E-state index in [0.29, 0.717) is 19.5 Å². The van der Waals surface area contributed by atoms with Crippen LogP contribution in [0.4, 0.5) is 0 Å². The summed E-state index contributed by atoms with van der Waals surface area (Å²) in [6, 6.07) is 9.34. The first-order valence-corrected chi connectivity index (χ1v) is 11.7. The summed E-state index contributed by atoms with van der Waals surface area (Å²) in [5, 5.41) is 2.85. The Morgan fingerprint density at radius 3 is 2.43 bits per heavy atom. The summed E-state index contributed by atoms with van der Waals surface area (Å²) in [6.07, 6.45) is 0.468. The Kier molecular flexibility index (Phi) is 8.00. The largest absolute Gasteiger partial charge is 0.349 e. The zero-order chi connectivity index (χ0) is 20.7. The third kappa shape index (κ3) is 6.91. The van der Waals surface area contributed by atoms with Gasteiger partial charge < -0.3 is 15.1 Å². The summed E-state index contributed by atoms with van der Waals surface area (Å²) in [7, 11) is -3.10. The molecule has 1 aromatic rings. The van der Waals surface area contributed by atoms with E-state index in [0.717, 1.165) is 10.5 Å². The van der Waals surface area contributed by atoms with Gasteiger partial charge in [-0.3, -0.25) is 9.59 Å². The molecule has 28 heavy (non-hydrogen) atoms. The first kappa shape index (κ1) is 22.4. The van der Waals surface area contributed by atoms with Crippen LogP contribution in [0.5, 0.6) is 0 Å². The highest BCUT2D eigenvalue weighted by atomic mass is 32.2. The molecule has 1 aliphatic rings. The molecule has 2 N–H and O–H groups in total. The van der Waals surface area contributed by atoms with Crippen LogP contribution in [0.25, 0.3) is 0 Å². The molecule has 2 amide bonds. The van der Waals surface area contributed by atoms with Crippen LogP contribution in [0.1, 0.15) is 32.8 Å². The van der Waals surface area contributed by atoms with Crippen LogP contribution < -0.4 is 10.2 Å². The minimum atomic E-state index is -3.10.